The third kappa shape index (κ3) is 4.87. The van der Waals surface area contributed by atoms with Crippen molar-refractivity contribution < 1.29 is 4.79 Å². The topological polar surface area (TPSA) is 55.2 Å². The predicted octanol–water partition coefficient (Wildman–Crippen LogP) is 5.44. The quantitative estimate of drug-likeness (QED) is 0.434. The van der Waals surface area contributed by atoms with E-state index in [1.165, 1.54) is 0 Å². The van der Waals surface area contributed by atoms with Gasteiger partial charge in [0.15, 0.2) is 0 Å². The fourth-order valence-electron chi connectivity index (χ4n) is 3.96. The van der Waals surface area contributed by atoms with Gasteiger partial charge < -0.3 is 4.90 Å². The van der Waals surface area contributed by atoms with Crippen LogP contribution in [0.4, 0.5) is 0 Å². The number of rotatable bonds is 9. The van der Waals surface area contributed by atoms with Crippen LogP contribution < -0.4 is 5.56 Å². The van der Waals surface area contributed by atoms with Gasteiger partial charge in [-0.05, 0) is 43.5 Å². The van der Waals surface area contributed by atoms with Crippen molar-refractivity contribution in [2.45, 2.75) is 65.3 Å². The standard InChI is InChI=1S/C26H33N3O2/c1-5-7-8-9-18-24(30)28(4)19(3)25-27-22-16-12-11-15-21(22)26(31)29(25)23-17-13-10-14-20(23)6-2/h10-17,19H,5-9,18H2,1-4H3. The Kier molecular flexibility index (Phi) is 7.61. The van der Waals surface area contributed by atoms with Crippen molar-refractivity contribution in [3.8, 4) is 5.69 Å². The zero-order valence-corrected chi connectivity index (χ0v) is 19.1. The zero-order chi connectivity index (χ0) is 22.4. The van der Waals surface area contributed by atoms with Crippen molar-refractivity contribution in [2.24, 2.45) is 0 Å². The number of hydrogen-bond acceptors (Lipinski definition) is 3. The molecule has 0 radical (unpaired) electrons. The Hall–Kier alpha value is -2.95. The summed E-state index contributed by atoms with van der Waals surface area (Å²) in [6.07, 6.45) is 5.56. The molecule has 5 nitrogen and oxygen atoms in total. The lowest BCUT2D eigenvalue weighted by atomic mass is 10.1. The Labute approximate surface area is 184 Å². The van der Waals surface area contributed by atoms with Crippen LogP contribution in [0, 0.1) is 0 Å². The van der Waals surface area contributed by atoms with Crippen LogP contribution in [0.3, 0.4) is 0 Å². The smallest absolute Gasteiger partial charge is 0.266 e. The Morgan fingerprint density at radius 2 is 1.74 bits per heavy atom. The molecule has 5 heteroatoms. The molecule has 2 aromatic carbocycles. The van der Waals surface area contributed by atoms with Crippen LogP contribution in [-0.2, 0) is 11.2 Å². The third-order valence-electron chi connectivity index (χ3n) is 6.01. The molecule has 0 aliphatic heterocycles. The number of carbonyl (C=O) groups excluding carboxylic acids is 1. The summed E-state index contributed by atoms with van der Waals surface area (Å²) in [7, 11) is 1.81. The minimum Gasteiger partial charge on any atom is -0.336 e. The van der Waals surface area contributed by atoms with Gasteiger partial charge in [-0.1, -0.05) is 63.4 Å². The number of amides is 1. The van der Waals surface area contributed by atoms with Gasteiger partial charge in [0, 0.05) is 13.5 Å². The molecule has 31 heavy (non-hydrogen) atoms. The molecule has 164 valence electrons. The van der Waals surface area contributed by atoms with Crippen molar-refractivity contribution in [3.05, 3.63) is 70.3 Å². The molecule has 0 aliphatic carbocycles. The fraction of sp³-hybridized carbons (Fsp3) is 0.423. The van der Waals surface area contributed by atoms with E-state index in [0.29, 0.717) is 23.1 Å². The van der Waals surface area contributed by atoms with Crippen LogP contribution in [0.25, 0.3) is 16.6 Å². The molecule has 0 aliphatic rings. The molecule has 1 aromatic heterocycles. The van der Waals surface area contributed by atoms with Crippen LogP contribution in [0.2, 0.25) is 0 Å². The van der Waals surface area contributed by atoms with Gasteiger partial charge >= 0.3 is 0 Å². The van der Waals surface area contributed by atoms with Crippen LogP contribution in [0.5, 0.6) is 0 Å². The highest BCUT2D eigenvalue weighted by Crippen LogP contribution is 2.24. The van der Waals surface area contributed by atoms with Crippen molar-refractivity contribution in [2.75, 3.05) is 7.05 Å². The zero-order valence-electron chi connectivity index (χ0n) is 19.1. The number of aryl methyl sites for hydroxylation is 1. The van der Waals surface area contributed by atoms with Crippen LogP contribution >= 0.6 is 0 Å². The molecular weight excluding hydrogens is 386 g/mol. The number of para-hydroxylation sites is 2. The first kappa shape index (κ1) is 22.7. The summed E-state index contributed by atoms with van der Waals surface area (Å²) in [5, 5.41) is 0.581. The molecule has 1 unspecified atom stereocenters. The van der Waals surface area contributed by atoms with Crippen LogP contribution in [0.1, 0.15) is 70.3 Å². The number of benzene rings is 2. The summed E-state index contributed by atoms with van der Waals surface area (Å²) in [6, 6.07) is 15.0. The molecule has 3 aromatic rings. The van der Waals surface area contributed by atoms with Gasteiger partial charge in [0.1, 0.15) is 5.82 Å². The second-order valence-corrected chi connectivity index (χ2v) is 8.10. The number of unbranched alkanes of at least 4 members (excludes halogenated alkanes) is 3. The lowest BCUT2D eigenvalue weighted by molar-refractivity contribution is -0.132. The first-order valence-electron chi connectivity index (χ1n) is 11.3. The maximum atomic E-state index is 13.6. The molecule has 0 N–H and O–H groups in total. The maximum Gasteiger partial charge on any atom is 0.266 e. The molecule has 0 saturated carbocycles. The van der Waals surface area contributed by atoms with Crippen molar-refractivity contribution >= 4 is 16.8 Å². The largest absolute Gasteiger partial charge is 0.336 e. The van der Waals surface area contributed by atoms with E-state index in [1.54, 1.807) is 9.47 Å². The number of aromatic nitrogens is 2. The second kappa shape index (κ2) is 10.4. The van der Waals surface area contributed by atoms with Crippen molar-refractivity contribution in [1.82, 2.24) is 14.5 Å². The van der Waals surface area contributed by atoms with Gasteiger partial charge in [0.2, 0.25) is 5.91 Å². The first-order chi connectivity index (χ1) is 15.0. The van der Waals surface area contributed by atoms with Gasteiger partial charge in [-0.3, -0.25) is 14.2 Å². The predicted molar refractivity (Wildman–Crippen MR) is 127 cm³/mol. The number of hydrogen-bond donors (Lipinski definition) is 0. The van der Waals surface area contributed by atoms with E-state index in [-0.39, 0.29) is 17.5 Å². The molecule has 1 heterocycles. The van der Waals surface area contributed by atoms with E-state index < -0.39 is 0 Å². The van der Waals surface area contributed by atoms with Gasteiger partial charge in [-0.15, -0.1) is 0 Å². The van der Waals surface area contributed by atoms with Crippen molar-refractivity contribution in [3.63, 3.8) is 0 Å². The lowest BCUT2D eigenvalue weighted by Crippen LogP contribution is -2.35. The highest BCUT2D eigenvalue weighted by molar-refractivity contribution is 5.79. The Balaban J connectivity index is 2.08. The maximum absolute atomic E-state index is 13.6. The van der Waals surface area contributed by atoms with Crippen molar-refractivity contribution in [1.29, 1.82) is 0 Å². The normalized spacial score (nSPS) is 12.1. The highest BCUT2D eigenvalue weighted by atomic mass is 16.2. The summed E-state index contributed by atoms with van der Waals surface area (Å²) in [5.74, 6) is 0.676. The Morgan fingerprint density at radius 1 is 1.03 bits per heavy atom. The molecule has 1 amide bonds. The number of fused-ring (bicyclic) bond motifs is 1. The average Bonchev–Trinajstić information content (AvgIpc) is 2.80. The van der Waals surface area contributed by atoms with Crippen LogP contribution in [0.15, 0.2) is 53.3 Å². The minimum atomic E-state index is -0.333. The van der Waals surface area contributed by atoms with Gasteiger partial charge in [0.25, 0.3) is 5.56 Å². The molecular formula is C26H33N3O2. The number of nitrogens with zero attached hydrogens (tertiary/aromatic N) is 3. The van der Waals surface area contributed by atoms with E-state index >= 15 is 0 Å². The van der Waals surface area contributed by atoms with Gasteiger partial charge in [0.05, 0.1) is 22.6 Å². The summed E-state index contributed by atoms with van der Waals surface area (Å²) in [4.78, 5) is 33.0. The van der Waals surface area contributed by atoms with E-state index in [1.807, 2.05) is 62.5 Å². The molecule has 0 saturated heterocycles. The fourth-order valence-corrected chi connectivity index (χ4v) is 3.96. The van der Waals surface area contributed by atoms with E-state index in [4.69, 9.17) is 4.98 Å². The van der Waals surface area contributed by atoms with Crippen LogP contribution in [-0.4, -0.2) is 27.4 Å². The van der Waals surface area contributed by atoms with Gasteiger partial charge in [-0.25, -0.2) is 4.98 Å². The Morgan fingerprint density at radius 3 is 2.48 bits per heavy atom. The molecule has 0 spiro atoms. The first-order valence-corrected chi connectivity index (χ1v) is 11.3. The van der Waals surface area contributed by atoms with E-state index in [2.05, 4.69) is 13.8 Å². The monoisotopic (exact) mass is 419 g/mol. The minimum absolute atomic E-state index is 0.0846. The Bertz CT molecular complexity index is 1100. The highest BCUT2D eigenvalue weighted by Gasteiger charge is 2.24. The molecule has 1 atom stereocenters. The SMILES string of the molecule is CCCCCCC(=O)N(C)C(C)c1nc2ccccc2c(=O)n1-c1ccccc1CC. The number of carbonyl (C=O) groups is 1. The molecule has 3 rings (SSSR count). The third-order valence-corrected chi connectivity index (χ3v) is 6.01. The average molecular weight is 420 g/mol. The summed E-state index contributed by atoms with van der Waals surface area (Å²) in [6.45, 7) is 6.19. The summed E-state index contributed by atoms with van der Waals surface area (Å²) >= 11 is 0. The van der Waals surface area contributed by atoms with E-state index in [9.17, 15) is 9.59 Å². The van der Waals surface area contributed by atoms with Gasteiger partial charge in [-0.2, -0.15) is 0 Å². The summed E-state index contributed by atoms with van der Waals surface area (Å²) in [5.41, 5.74) is 2.46. The molecule has 0 bridgehead atoms. The van der Waals surface area contributed by atoms with E-state index in [0.717, 1.165) is 43.4 Å². The molecule has 0 fully saturated rings. The second-order valence-electron chi connectivity index (χ2n) is 8.10. The lowest BCUT2D eigenvalue weighted by Gasteiger charge is -2.27. The summed E-state index contributed by atoms with van der Waals surface area (Å²) < 4.78 is 1.70.